The number of aliphatic carboxylic acids is 1. The van der Waals surface area contributed by atoms with Crippen LogP contribution in [0.25, 0.3) is 11.1 Å². The van der Waals surface area contributed by atoms with Crippen molar-refractivity contribution in [3.63, 3.8) is 0 Å². The molecule has 0 amide bonds. The van der Waals surface area contributed by atoms with Crippen molar-refractivity contribution < 1.29 is 14.3 Å². The summed E-state index contributed by atoms with van der Waals surface area (Å²) in [7, 11) is 3.31. The molecular formula is C13H16N2O4. The average Bonchev–Trinajstić information content (AvgIpc) is 2.63. The van der Waals surface area contributed by atoms with Gasteiger partial charge >= 0.3 is 11.7 Å². The van der Waals surface area contributed by atoms with E-state index in [4.69, 9.17) is 4.42 Å². The van der Waals surface area contributed by atoms with Gasteiger partial charge in [0.15, 0.2) is 5.58 Å². The van der Waals surface area contributed by atoms with Gasteiger partial charge in [-0.2, -0.15) is 0 Å². The van der Waals surface area contributed by atoms with Gasteiger partial charge in [0.1, 0.15) is 5.54 Å². The number of nitrogens with zero attached hydrogens (tertiary/aromatic N) is 2. The van der Waals surface area contributed by atoms with Crippen molar-refractivity contribution in [2.24, 2.45) is 7.05 Å². The summed E-state index contributed by atoms with van der Waals surface area (Å²) in [6, 6.07) is 5.14. The van der Waals surface area contributed by atoms with Gasteiger partial charge in [-0.05, 0) is 32.0 Å². The molecule has 1 N–H and O–H groups in total. The second kappa shape index (κ2) is 4.15. The van der Waals surface area contributed by atoms with Crippen molar-refractivity contribution >= 4 is 22.8 Å². The number of benzene rings is 1. The molecule has 1 aromatic carbocycles. The second-order valence-corrected chi connectivity index (χ2v) is 5.00. The Kier molecular flexibility index (Phi) is 2.88. The number of hydrogen-bond donors (Lipinski definition) is 1. The Hall–Kier alpha value is -2.24. The maximum Gasteiger partial charge on any atom is 0.419 e. The number of oxazole rings is 1. The molecule has 0 fully saturated rings. The molecule has 0 aliphatic rings. The molecule has 0 aliphatic carbocycles. The number of hydrogen-bond acceptors (Lipinski definition) is 4. The van der Waals surface area contributed by atoms with Crippen LogP contribution in [0.4, 0.5) is 5.69 Å². The predicted molar refractivity (Wildman–Crippen MR) is 71.6 cm³/mol. The van der Waals surface area contributed by atoms with Gasteiger partial charge in [0.2, 0.25) is 0 Å². The largest absolute Gasteiger partial charge is 0.480 e. The van der Waals surface area contributed by atoms with Gasteiger partial charge in [-0.3, -0.25) is 4.57 Å². The summed E-state index contributed by atoms with van der Waals surface area (Å²) in [5.74, 6) is -1.36. The third kappa shape index (κ3) is 1.99. The third-order valence-corrected chi connectivity index (χ3v) is 3.52. The Labute approximate surface area is 109 Å². The molecule has 0 bridgehead atoms. The zero-order valence-electron chi connectivity index (χ0n) is 11.3. The molecule has 0 saturated heterocycles. The number of carbonyl (C=O) groups is 1. The van der Waals surface area contributed by atoms with Crippen LogP contribution >= 0.6 is 0 Å². The highest BCUT2D eigenvalue weighted by Gasteiger charge is 2.32. The number of anilines is 1. The van der Waals surface area contributed by atoms with Gasteiger partial charge in [-0.25, -0.2) is 9.59 Å². The van der Waals surface area contributed by atoms with Gasteiger partial charge in [-0.1, -0.05) is 0 Å². The molecule has 0 atom stereocenters. The van der Waals surface area contributed by atoms with E-state index in [1.54, 1.807) is 51.0 Å². The maximum absolute atomic E-state index is 11.4. The van der Waals surface area contributed by atoms with Crippen molar-refractivity contribution in [3.8, 4) is 0 Å². The van der Waals surface area contributed by atoms with E-state index in [0.717, 1.165) is 0 Å². The summed E-state index contributed by atoms with van der Waals surface area (Å²) < 4.78 is 6.43. The van der Waals surface area contributed by atoms with Crippen LogP contribution in [0.5, 0.6) is 0 Å². The molecule has 1 aromatic heterocycles. The van der Waals surface area contributed by atoms with Crippen LogP contribution in [-0.2, 0) is 11.8 Å². The molecule has 0 unspecified atom stereocenters. The van der Waals surface area contributed by atoms with Crippen LogP contribution in [-0.4, -0.2) is 28.2 Å². The highest BCUT2D eigenvalue weighted by atomic mass is 16.4. The lowest BCUT2D eigenvalue weighted by atomic mass is 10.0. The van der Waals surface area contributed by atoms with Gasteiger partial charge in [0.05, 0.1) is 5.52 Å². The van der Waals surface area contributed by atoms with Crippen LogP contribution in [0.2, 0.25) is 0 Å². The quantitative estimate of drug-likeness (QED) is 0.907. The standard InChI is InChI=1S/C13H16N2O4/c1-13(2,11(16)17)15(4)8-5-6-10-9(7-8)14(3)12(18)19-10/h5-7H,1-4H3,(H,16,17). The van der Waals surface area contributed by atoms with E-state index < -0.39 is 17.3 Å². The zero-order chi connectivity index (χ0) is 14.4. The first-order valence-electron chi connectivity index (χ1n) is 5.82. The molecule has 2 rings (SSSR count). The molecule has 6 nitrogen and oxygen atoms in total. The molecule has 102 valence electrons. The topological polar surface area (TPSA) is 75.7 Å². The van der Waals surface area contributed by atoms with Crippen LogP contribution in [0.1, 0.15) is 13.8 Å². The van der Waals surface area contributed by atoms with Gasteiger partial charge < -0.3 is 14.4 Å². The number of rotatable bonds is 3. The van der Waals surface area contributed by atoms with Gasteiger partial charge in [0, 0.05) is 19.8 Å². The highest BCUT2D eigenvalue weighted by Crippen LogP contribution is 2.26. The number of carboxylic acid groups (broad SMARTS) is 1. The van der Waals surface area contributed by atoms with E-state index in [2.05, 4.69) is 0 Å². The molecule has 19 heavy (non-hydrogen) atoms. The lowest BCUT2D eigenvalue weighted by molar-refractivity contribution is -0.142. The predicted octanol–water partition coefficient (Wildman–Crippen LogP) is 1.43. The molecule has 1 heterocycles. The van der Waals surface area contributed by atoms with E-state index in [9.17, 15) is 14.7 Å². The average molecular weight is 264 g/mol. The molecule has 0 spiro atoms. The summed E-state index contributed by atoms with van der Waals surface area (Å²) >= 11 is 0. The van der Waals surface area contributed by atoms with E-state index in [-0.39, 0.29) is 0 Å². The first-order valence-corrected chi connectivity index (χ1v) is 5.82. The summed E-state index contributed by atoms with van der Waals surface area (Å²) in [6.45, 7) is 3.24. The zero-order valence-corrected chi connectivity index (χ0v) is 11.3. The molecule has 0 radical (unpaired) electrons. The number of likely N-dealkylation sites (N-methyl/N-ethyl adjacent to an activating group) is 1. The summed E-state index contributed by atoms with van der Waals surface area (Å²) in [6.07, 6.45) is 0. The van der Waals surface area contributed by atoms with Crippen LogP contribution in [0, 0.1) is 0 Å². The van der Waals surface area contributed by atoms with Crippen molar-refractivity contribution in [1.82, 2.24) is 4.57 Å². The first kappa shape index (κ1) is 13.2. The fraction of sp³-hybridized carbons (Fsp3) is 0.385. The van der Waals surface area contributed by atoms with Crippen molar-refractivity contribution in [2.45, 2.75) is 19.4 Å². The van der Waals surface area contributed by atoms with Gasteiger partial charge in [0.25, 0.3) is 0 Å². The maximum atomic E-state index is 11.4. The van der Waals surface area contributed by atoms with E-state index in [0.29, 0.717) is 16.8 Å². The monoisotopic (exact) mass is 264 g/mol. The number of aromatic nitrogens is 1. The second-order valence-electron chi connectivity index (χ2n) is 5.00. The Balaban J connectivity index is 2.55. The minimum atomic E-state index is -1.05. The lowest BCUT2D eigenvalue weighted by Crippen LogP contribution is -2.48. The smallest absolute Gasteiger partial charge is 0.419 e. The molecule has 2 aromatic rings. The summed E-state index contributed by atoms with van der Waals surface area (Å²) in [4.78, 5) is 24.3. The van der Waals surface area contributed by atoms with E-state index in [1.807, 2.05) is 0 Å². The number of carboxylic acids is 1. The Morgan fingerprint density at radius 2 is 2.05 bits per heavy atom. The fourth-order valence-corrected chi connectivity index (χ4v) is 1.79. The highest BCUT2D eigenvalue weighted by molar-refractivity contribution is 5.84. The van der Waals surface area contributed by atoms with Crippen molar-refractivity contribution in [2.75, 3.05) is 11.9 Å². The lowest BCUT2D eigenvalue weighted by Gasteiger charge is -2.33. The van der Waals surface area contributed by atoms with Crippen molar-refractivity contribution in [3.05, 3.63) is 28.7 Å². The molecule has 6 heteroatoms. The number of fused-ring (bicyclic) bond motifs is 1. The summed E-state index contributed by atoms with van der Waals surface area (Å²) in [5, 5.41) is 9.23. The third-order valence-electron chi connectivity index (χ3n) is 3.52. The van der Waals surface area contributed by atoms with Crippen LogP contribution in [0.15, 0.2) is 27.4 Å². The van der Waals surface area contributed by atoms with E-state index in [1.165, 1.54) is 4.57 Å². The van der Waals surface area contributed by atoms with Gasteiger partial charge in [-0.15, -0.1) is 0 Å². The minimum Gasteiger partial charge on any atom is -0.480 e. The van der Waals surface area contributed by atoms with Crippen LogP contribution < -0.4 is 10.7 Å². The Morgan fingerprint density at radius 3 is 2.63 bits per heavy atom. The fourth-order valence-electron chi connectivity index (χ4n) is 1.79. The van der Waals surface area contributed by atoms with Crippen molar-refractivity contribution in [1.29, 1.82) is 0 Å². The molecule has 0 aliphatic heterocycles. The SMILES string of the molecule is CN(c1ccc2oc(=O)n(C)c2c1)C(C)(C)C(=O)O. The number of aryl methyl sites for hydroxylation is 1. The molecule has 0 saturated carbocycles. The first-order chi connectivity index (χ1) is 8.75. The Bertz CT molecular complexity index is 696. The normalized spacial score (nSPS) is 11.8. The minimum absolute atomic E-state index is 0.438. The van der Waals surface area contributed by atoms with E-state index >= 15 is 0 Å². The Morgan fingerprint density at radius 1 is 1.42 bits per heavy atom. The van der Waals surface area contributed by atoms with Crippen LogP contribution in [0.3, 0.4) is 0 Å². The molecular weight excluding hydrogens is 248 g/mol. The summed E-state index contributed by atoms with van der Waals surface area (Å²) in [5.41, 5.74) is 0.778.